The Hall–Kier alpha value is -1.13. The molecule has 0 radical (unpaired) electrons. The number of aromatic nitrogens is 2. The summed E-state index contributed by atoms with van der Waals surface area (Å²) in [5.74, 6) is 0.872. The second-order valence-electron chi connectivity index (χ2n) is 3.71. The second kappa shape index (κ2) is 4.39. The molecular formula is C12H13BrN2O. The summed E-state index contributed by atoms with van der Waals surface area (Å²) in [4.78, 5) is 4.28. The van der Waals surface area contributed by atoms with Crippen LogP contribution < -0.4 is 0 Å². The number of benzene rings is 1. The maximum atomic E-state index is 10.3. The van der Waals surface area contributed by atoms with E-state index in [0.717, 1.165) is 17.1 Å². The lowest BCUT2D eigenvalue weighted by Crippen LogP contribution is -2.07. The molecule has 4 heteroatoms. The normalized spacial score (nSPS) is 12.8. The predicted octanol–water partition coefficient (Wildman–Crippen LogP) is 2.57. The fourth-order valence-electron chi connectivity index (χ4n) is 1.68. The van der Waals surface area contributed by atoms with Gasteiger partial charge in [-0.25, -0.2) is 4.98 Å². The predicted molar refractivity (Wildman–Crippen MR) is 66.1 cm³/mol. The zero-order valence-corrected chi connectivity index (χ0v) is 10.8. The van der Waals surface area contributed by atoms with Crippen molar-refractivity contribution in [1.82, 2.24) is 9.55 Å². The molecule has 0 fully saturated rings. The Morgan fingerprint density at radius 3 is 2.44 bits per heavy atom. The molecule has 0 bridgehead atoms. The highest BCUT2D eigenvalue weighted by Crippen LogP contribution is 2.28. The van der Waals surface area contributed by atoms with Crippen molar-refractivity contribution < 1.29 is 5.11 Å². The minimum absolute atomic E-state index is 0.651. The highest BCUT2D eigenvalue weighted by atomic mass is 79.9. The fourth-order valence-corrected chi connectivity index (χ4v) is 2.42. The van der Waals surface area contributed by atoms with Crippen LogP contribution in [0.25, 0.3) is 0 Å². The summed E-state index contributed by atoms with van der Waals surface area (Å²) < 4.78 is 2.59. The molecule has 1 atom stereocenters. The molecule has 1 aromatic carbocycles. The van der Waals surface area contributed by atoms with Gasteiger partial charge >= 0.3 is 0 Å². The SMILES string of the molecule is Cc1nc(Br)c(C(O)c2ccccc2)n1C. The van der Waals surface area contributed by atoms with Crippen molar-refractivity contribution >= 4 is 15.9 Å². The molecule has 2 rings (SSSR count). The number of nitrogens with zero attached hydrogens (tertiary/aromatic N) is 2. The summed E-state index contributed by atoms with van der Waals surface area (Å²) in [6.45, 7) is 1.91. The molecule has 0 aliphatic carbocycles. The van der Waals surface area contributed by atoms with Crippen molar-refractivity contribution in [2.24, 2.45) is 7.05 Å². The number of hydrogen-bond acceptors (Lipinski definition) is 2. The number of aryl methyl sites for hydroxylation is 1. The Bertz CT molecular complexity index is 493. The average Bonchev–Trinajstić information content (AvgIpc) is 2.54. The summed E-state index contributed by atoms with van der Waals surface area (Å²) in [6, 6.07) is 9.56. The molecular weight excluding hydrogens is 268 g/mol. The lowest BCUT2D eigenvalue weighted by Gasteiger charge is -2.12. The van der Waals surface area contributed by atoms with Gasteiger partial charge in [0.2, 0.25) is 0 Å². The molecule has 84 valence electrons. The lowest BCUT2D eigenvalue weighted by molar-refractivity contribution is 0.210. The Morgan fingerprint density at radius 1 is 1.31 bits per heavy atom. The minimum atomic E-state index is -0.651. The van der Waals surface area contributed by atoms with Crippen molar-refractivity contribution in [2.75, 3.05) is 0 Å². The molecule has 1 heterocycles. The van der Waals surface area contributed by atoms with Gasteiger partial charge in [0, 0.05) is 7.05 Å². The van der Waals surface area contributed by atoms with Gasteiger partial charge in [-0.2, -0.15) is 0 Å². The zero-order chi connectivity index (χ0) is 11.7. The standard InChI is InChI=1S/C12H13BrN2O/c1-8-14-12(13)10(15(8)2)11(16)9-6-4-3-5-7-9/h3-7,11,16H,1-2H3. The molecule has 0 amide bonds. The zero-order valence-electron chi connectivity index (χ0n) is 9.18. The van der Waals surface area contributed by atoms with Gasteiger partial charge in [0.15, 0.2) is 0 Å². The van der Waals surface area contributed by atoms with Crippen molar-refractivity contribution in [1.29, 1.82) is 0 Å². The Kier molecular flexibility index (Phi) is 3.12. The molecule has 3 nitrogen and oxygen atoms in total. The second-order valence-corrected chi connectivity index (χ2v) is 4.46. The van der Waals surface area contributed by atoms with Crippen molar-refractivity contribution in [2.45, 2.75) is 13.0 Å². The van der Waals surface area contributed by atoms with E-state index in [1.165, 1.54) is 0 Å². The van der Waals surface area contributed by atoms with E-state index in [-0.39, 0.29) is 0 Å². The van der Waals surface area contributed by atoms with Crippen LogP contribution >= 0.6 is 15.9 Å². The number of aliphatic hydroxyl groups excluding tert-OH is 1. The summed E-state index contributed by atoms with van der Waals surface area (Å²) in [7, 11) is 1.90. The van der Waals surface area contributed by atoms with Crippen LogP contribution in [0, 0.1) is 6.92 Å². The van der Waals surface area contributed by atoms with E-state index in [0.29, 0.717) is 4.60 Å². The first-order chi connectivity index (χ1) is 7.61. The van der Waals surface area contributed by atoms with E-state index in [4.69, 9.17) is 0 Å². The molecule has 2 aromatic rings. The van der Waals surface area contributed by atoms with Crippen LogP contribution in [0.3, 0.4) is 0 Å². The van der Waals surface area contributed by atoms with Crippen LogP contribution in [-0.4, -0.2) is 14.7 Å². The smallest absolute Gasteiger partial charge is 0.130 e. The number of hydrogen-bond donors (Lipinski definition) is 1. The molecule has 0 saturated heterocycles. The molecule has 1 aromatic heterocycles. The molecule has 16 heavy (non-hydrogen) atoms. The number of rotatable bonds is 2. The van der Waals surface area contributed by atoms with E-state index in [1.54, 1.807) is 0 Å². The topological polar surface area (TPSA) is 38.1 Å². The van der Waals surface area contributed by atoms with E-state index < -0.39 is 6.10 Å². The largest absolute Gasteiger partial charge is 0.382 e. The van der Waals surface area contributed by atoms with Gasteiger partial charge in [0.05, 0.1) is 5.69 Å². The summed E-state index contributed by atoms with van der Waals surface area (Å²) in [5.41, 5.74) is 1.65. The van der Waals surface area contributed by atoms with E-state index in [1.807, 2.05) is 48.9 Å². The maximum absolute atomic E-state index is 10.3. The highest BCUT2D eigenvalue weighted by molar-refractivity contribution is 9.10. The number of aliphatic hydroxyl groups is 1. The summed E-state index contributed by atoms with van der Waals surface area (Å²) in [5, 5.41) is 10.3. The molecule has 0 saturated carbocycles. The lowest BCUT2D eigenvalue weighted by atomic mass is 10.1. The summed E-state index contributed by atoms with van der Waals surface area (Å²) in [6.07, 6.45) is -0.651. The van der Waals surface area contributed by atoms with Gasteiger partial charge in [-0.05, 0) is 28.4 Å². The van der Waals surface area contributed by atoms with Gasteiger partial charge < -0.3 is 9.67 Å². The summed E-state index contributed by atoms with van der Waals surface area (Å²) >= 11 is 3.37. The minimum Gasteiger partial charge on any atom is -0.382 e. The monoisotopic (exact) mass is 280 g/mol. The first-order valence-corrected chi connectivity index (χ1v) is 5.82. The highest BCUT2D eigenvalue weighted by Gasteiger charge is 2.19. The van der Waals surface area contributed by atoms with E-state index in [9.17, 15) is 5.11 Å². The Balaban J connectivity index is 2.45. The average molecular weight is 281 g/mol. The fraction of sp³-hybridized carbons (Fsp3) is 0.250. The van der Waals surface area contributed by atoms with Crippen LogP contribution in [0.1, 0.15) is 23.2 Å². The molecule has 0 spiro atoms. The number of imidazole rings is 1. The van der Waals surface area contributed by atoms with Gasteiger partial charge in [-0.1, -0.05) is 30.3 Å². The van der Waals surface area contributed by atoms with Crippen molar-refractivity contribution in [3.05, 3.63) is 52.0 Å². The quantitative estimate of drug-likeness (QED) is 0.918. The molecule has 0 aliphatic heterocycles. The van der Waals surface area contributed by atoms with E-state index in [2.05, 4.69) is 20.9 Å². The Morgan fingerprint density at radius 2 is 1.94 bits per heavy atom. The Labute approximate surface area is 103 Å². The maximum Gasteiger partial charge on any atom is 0.130 e. The molecule has 0 aliphatic rings. The number of halogens is 1. The van der Waals surface area contributed by atoms with Gasteiger partial charge in [0.1, 0.15) is 16.5 Å². The first-order valence-electron chi connectivity index (χ1n) is 5.03. The third kappa shape index (κ3) is 1.90. The van der Waals surface area contributed by atoms with Gasteiger partial charge in [-0.3, -0.25) is 0 Å². The molecule has 1 N–H and O–H groups in total. The third-order valence-electron chi connectivity index (χ3n) is 2.69. The van der Waals surface area contributed by atoms with Crippen LogP contribution in [0.4, 0.5) is 0 Å². The van der Waals surface area contributed by atoms with Gasteiger partial charge in [-0.15, -0.1) is 0 Å². The van der Waals surface area contributed by atoms with Crippen molar-refractivity contribution in [3.63, 3.8) is 0 Å². The third-order valence-corrected chi connectivity index (χ3v) is 3.28. The van der Waals surface area contributed by atoms with Crippen LogP contribution in [0.5, 0.6) is 0 Å². The first kappa shape index (κ1) is 11.4. The van der Waals surface area contributed by atoms with Gasteiger partial charge in [0.25, 0.3) is 0 Å². The molecule has 1 unspecified atom stereocenters. The van der Waals surface area contributed by atoms with Crippen molar-refractivity contribution in [3.8, 4) is 0 Å². The van der Waals surface area contributed by atoms with Crippen LogP contribution in [0.15, 0.2) is 34.9 Å². The van der Waals surface area contributed by atoms with E-state index >= 15 is 0 Å². The van der Waals surface area contributed by atoms with Crippen LogP contribution in [-0.2, 0) is 7.05 Å². The van der Waals surface area contributed by atoms with Crippen LogP contribution in [0.2, 0.25) is 0 Å².